The Kier molecular flexibility index (Phi) is 7.08. The van der Waals surface area contributed by atoms with Crippen LogP contribution in [0.15, 0.2) is 60.7 Å². The van der Waals surface area contributed by atoms with Crippen molar-refractivity contribution >= 4 is 52.3 Å². The van der Waals surface area contributed by atoms with Gasteiger partial charge in [-0.15, -0.1) is 0 Å². The van der Waals surface area contributed by atoms with Crippen LogP contribution >= 0.6 is 23.2 Å². The molecule has 3 amide bonds. The Morgan fingerprint density at radius 3 is 2.38 bits per heavy atom. The van der Waals surface area contributed by atoms with E-state index in [4.69, 9.17) is 28.9 Å². The molecule has 7 rings (SSSR count). The number of rotatable bonds is 6. The van der Waals surface area contributed by atoms with E-state index >= 15 is 4.79 Å². The van der Waals surface area contributed by atoms with Crippen LogP contribution in [-0.4, -0.2) is 40.9 Å². The zero-order valence-corrected chi connectivity index (χ0v) is 26.8. The largest absolute Gasteiger partial charge is 0.366 e. The van der Waals surface area contributed by atoms with E-state index in [1.54, 1.807) is 48.5 Å². The number of halogens is 3. The Hall–Kier alpha value is -3.46. The minimum Gasteiger partial charge on any atom is -0.366 e. The summed E-state index contributed by atoms with van der Waals surface area (Å²) < 4.78 is 14.7. The first-order valence-corrected chi connectivity index (χ1v) is 16.1. The number of fused-ring (bicyclic) bond motifs is 2. The van der Waals surface area contributed by atoms with Crippen LogP contribution in [0.25, 0.3) is 0 Å². The second kappa shape index (κ2) is 10.5. The molecule has 3 aromatic rings. The Balaban J connectivity index is 1.48. The monoisotopic (exact) mass is 648 g/mol. The Morgan fingerprint density at radius 2 is 1.76 bits per heavy atom. The van der Waals surface area contributed by atoms with Gasteiger partial charge >= 0.3 is 0 Å². The van der Waals surface area contributed by atoms with Crippen LogP contribution in [-0.2, 0) is 15.0 Å². The smallest absolute Gasteiger partial charge is 0.248 e. The molecule has 3 aliphatic heterocycles. The molecule has 4 aliphatic rings. The molecule has 7 nitrogen and oxygen atoms in total. The van der Waals surface area contributed by atoms with Crippen molar-refractivity contribution in [2.45, 2.75) is 76.0 Å². The third-order valence-electron chi connectivity index (χ3n) is 9.96. The van der Waals surface area contributed by atoms with Crippen molar-refractivity contribution in [1.82, 2.24) is 4.90 Å². The summed E-state index contributed by atoms with van der Waals surface area (Å²) in [6.07, 6.45) is 2.97. The molecule has 234 valence electrons. The van der Waals surface area contributed by atoms with Gasteiger partial charge in [0.15, 0.2) is 0 Å². The van der Waals surface area contributed by atoms with Crippen LogP contribution in [0.4, 0.5) is 15.8 Å². The van der Waals surface area contributed by atoms with E-state index in [-0.39, 0.29) is 40.4 Å². The molecular formula is C35H35Cl2FN4O3. The molecule has 0 bridgehead atoms. The summed E-state index contributed by atoms with van der Waals surface area (Å²) in [7, 11) is 0. The Morgan fingerprint density at radius 1 is 1.04 bits per heavy atom. The molecule has 3 heterocycles. The Labute approximate surface area is 271 Å². The number of anilines is 2. The lowest BCUT2D eigenvalue weighted by Gasteiger charge is -2.39. The second-order valence-corrected chi connectivity index (χ2v) is 15.0. The van der Waals surface area contributed by atoms with Gasteiger partial charge in [-0.2, -0.15) is 0 Å². The summed E-state index contributed by atoms with van der Waals surface area (Å²) in [6.45, 7) is 6.54. The number of hydrogen-bond acceptors (Lipinski definition) is 4. The highest BCUT2D eigenvalue weighted by atomic mass is 35.5. The fourth-order valence-electron chi connectivity index (χ4n) is 8.24. The zero-order chi connectivity index (χ0) is 32.0. The summed E-state index contributed by atoms with van der Waals surface area (Å²) in [6, 6.07) is 16.0. The summed E-state index contributed by atoms with van der Waals surface area (Å²) in [4.78, 5) is 45.4. The molecule has 1 aliphatic carbocycles. The molecule has 45 heavy (non-hydrogen) atoms. The van der Waals surface area contributed by atoms with Gasteiger partial charge in [0.25, 0.3) is 0 Å². The minimum atomic E-state index is -1.08. The average molecular weight is 650 g/mol. The summed E-state index contributed by atoms with van der Waals surface area (Å²) in [5.41, 5.74) is 7.38. The van der Waals surface area contributed by atoms with Crippen molar-refractivity contribution in [3.63, 3.8) is 0 Å². The molecule has 2 saturated heterocycles. The summed E-state index contributed by atoms with van der Waals surface area (Å²) in [5, 5.41) is 3.46. The number of amides is 3. The van der Waals surface area contributed by atoms with Crippen LogP contribution in [0.5, 0.6) is 0 Å². The van der Waals surface area contributed by atoms with Gasteiger partial charge < -0.3 is 11.1 Å². The summed E-state index contributed by atoms with van der Waals surface area (Å²) >= 11 is 12.8. The van der Waals surface area contributed by atoms with E-state index in [1.807, 2.05) is 11.0 Å². The maximum Gasteiger partial charge on any atom is 0.248 e. The number of nitrogens with one attached hydrogen (secondary N) is 1. The number of carbonyl (C=O) groups excluding carboxylic acids is 3. The third-order valence-corrected chi connectivity index (χ3v) is 10.5. The molecule has 10 heteroatoms. The molecule has 0 spiro atoms. The van der Waals surface area contributed by atoms with Crippen LogP contribution in [0.2, 0.25) is 10.0 Å². The number of nitrogens with two attached hydrogens (primary N) is 1. The maximum absolute atomic E-state index is 15.2. The van der Waals surface area contributed by atoms with Gasteiger partial charge in [-0.05, 0) is 96.7 Å². The molecule has 3 aromatic carbocycles. The van der Waals surface area contributed by atoms with Crippen molar-refractivity contribution in [2.75, 3.05) is 10.2 Å². The second-order valence-electron chi connectivity index (χ2n) is 14.2. The number of primary amides is 1. The molecule has 0 radical (unpaired) electrons. The van der Waals surface area contributed by atoms with Gasteiger partial charge in [-0.3, -0.25) is 24.2 Å². The molecule has 3 fully saturated rings. The fraction of sp³-hybridized carbons (Fsp3) is 0.400. The SMILES string of the molecule is CC(C)(C)C[C@H]1C[C@](c2ccc(F)c(Cl)c2)([C@@H]2C(=O)Nc3cc(Cl)ccc32)[C@@H]2C(=O)N(c3ccc(C(N)=O)cc3)[C@@H](C3CC3)N12. The summed E-state index contributed by atoms with van der Waals surface area (Å²) in [5.74, 6) is -1.99. The predicted octanol–water partition coefficient (Wildman–Crippen LogP) is 6.87. The third kappa shape index (κ3) is 4.84. The van der Waals surface area contributed by atoms with Gasteiger partial charge in [0.2, 0.25) is 17.7 Å². The topological polar surface area (TPSA) is 95.7 Å². The lowest BCUT2D eigenvalue weighted by Crippen LogP contribution is -2.50. The average Bonchev–Trinajstić information content (AvgIpc) is 3.59. The standard InChI is InChI=1S/C35H35Cl2FN4O3/c1-34(2,3)16-23-17-35(20-8-13-26(38)25(37)14-20,28-24-12-9-21(36)15-27(24)40-31(28)44)29-33(45)42(32(41(23)29)19-4-5-19)22-10-6-18(7-11-22)30(39)43/h6-15,19,23,28-29,32H,4-5,16-17H2,1-3H3,(H2,39,43)(H,40,44)/t23-,28-,29-,32-,35-/m0/s1. The first-order chi connectivity index (χ1) is 21.3. The highest BCUT2D eigenvalue weighted by Gasteiger charge is 2.70. The van der Waals surface area contributed by atoms with Crippen LogP contribution in [0.3, 0.4) is 0 Å². The number of nitrogens with zero attached hydrogens (tertiary/aromatic N) is 2. The van der Waals surface area contributed by atoms with Gasteiger partial charge in [0.05, 0.1) is 17.1 Å². The fourth-order valence-corrected chi connectivity index (χ4v) is 8.60. The normalized spacial score (nSPS) is 27.9. The van der Waals surface area contributed by atoms with Gasteiger partial charge in [0, 0.05) is 33.4 Å². The molecule has 0 aromatic heterocycles. The van der Waals surface area contributed by atoms with Gasteiger partial charge in [-0.1, -0.05) is 56.1 Å². The Bertz CT molecular complexity index is 1740. The van der Waals surface area contributed by atoms with E-state index in [0.29, 0.717) is 33.9 Å². The highest BCUT2D eigenvalue weighted by Crippen LogP contribution is 2.61. The lowest BCUT2D eigenvalue weighted by molar-refractivity contribution is -0.123. The van der Waals surface area contributed by atoms with Crippen molar-refractivity contribution in [1.29, 1.82) is 0 Å². The predicted molar refractivity (Wildman–Crippen MR) is 173 cm³/mol. The van der Waals surface area contributed by atoms with E-state index in [9.17, 15) is 14.0 Å². The number of benzene rings is 3. The van der Waals surface area contributed by atoms with E-state index < -0.39 is 29.1 Å². The van der Waals surface area contributed by atoms with Gasteiger partial charge in [0.1, 0.15) is 11.9 Å². The van der Waals surface area contributed by atoms with Crippen LogP contribution in [0.1, 0.15) is 73.9 Å². The maximum atomic E-state index is 15.2. The minimum absolute atomic E-state index is 0.0597. The molecule has 3 N–H and O–H groups in total. The number of hydrogen-bond donors (Lipinski definition) is 2. The van der Waals surface area contributed by atoms with E-state index in [1.165, 1.54) is 6.07 Å². The van der Waals surface area contributed by atoms with E-state index in [2.05, 4.69) is 31.0 Å². The first kappa shape index (κ1) is 30.2. The quantitative estimate of drug-likeness (QED) is 0.305. The van der Waals surface area contributed by atoms with Crippen molar-refractivity contribution in [3.05, 3.63) is 93.2 Å². The van der Waals surface area contributed by atoms with E-state index in [0.717, 1.165) is 24.8 Å². The molecule has 1 saturated carbocycles. The zero-order valence-electron chi connectivity index (χ0n) is 25.3. The number of carbonyl (C=O) groups is 3. The molecular weight excluding hydrogens is 614 g/mol. The molecule has 5 atom stereocenters. The van der Waals surface area contributed by atoms with Crippen molar-refractivity contribution < 1.29 is 18.8 Å². The first-order valence-electron chi connectivity index (χ1n) is 15.4. The van der Waals surface area contributed by atoms with Crippen LogP contribution < -0.4 is 16.0 Å². The van der Waals surface area contributed by atoms with Crippen molar-refractivity contribution in [2.24, 2.45) is 17.1 Å². The lowest BCUT2D eigenvalue weighted by atomic mass is 9.62. The van der Waals surface area contributed by atoms with Crippen molar-refractivity contribution in [3.8, 4) is 0 Å². The van der Waals surface area contributed by atoms with Crippen LogP contribution in [0, 0.1) is 17.2 Å². The highest BCUT2D eigenvalue weighted by molar-refractivity contribution is 6.31. The van der Waals surface area contributed by atoms with Gasteiger partial charge in [-0.25, -0.2) is 4.39 Å². The molecule has 0 unspecified atom stereocenters.